The number of rotatable bonds is 4. The minimum Gasteiger partial charge on any atom is -0.390 e. The largest absolute Gasteiger partial charge is 0.390 e. The summed E-state index contributed by atoms with van der Waals surface area (Å²) in [5, 5.41) is 10.9. The van der Waals surface area contributed by atoms with Crippen LogP contribution in [0.15, 0.2) is 24.3 Å². The molecule has 0 saturated carbocycles. The number of aliphatic hydroxyl groups is 1. The SMILES string of the molecule is CCC(O)(CC)Cc1ccc(Cl)cc1. The van der Waals surface area contributed by atoms with Crippen molar-refractivity contribution in [1.29, 1.82) is 0 Å². The Bertz CT molecular complexity index is 275. The summed E-state index contributed by atoms with van der Waals surface area (Å²) in [4.78, 5) is 0. The molecule has 0 aromatic heterocycles. The lowest BCUT2D eigenvalue weighted by Gasteiger charge is -2.25. The van der Waals surface area contributed by atoms with Crippen LogP contribution in [0.5, 0.6) is 0 Å². The highest BCUT2D eigenvalue weighted by atomic mass is 35.5. The van der Waals surface area contributed by atoms with Gasteiger partial charge < -0.3 is 5.11 Å². The second-order valence-corrected chi connectivity index (χ2v) is 4.17. The second kappa shape index (κ2) is 4.81. The molecule has 0 atom stereocenters. The van der Waals surface area contributed by atoms with Gasteiger partial charge in [0.1, 0.15) is 0 Å². The van der Waals surface area contributed by atoms with E-state index >= 15 is 0 Å². The summed E-state index contributed by atoms with van der Waals surface area (Å²) in [7, 11) is 0. The van der Waals surface area contributed by atoms with E-state index < -0.39 is 5.60 Å². The van der Waals surface area contributed by atoms with Crippen molar-refractivity contribution >= 4 is 11.6 Å². The molecule has 1 N–H and O–H groups in total. The summed E-state index contributed by atoms with van der Waals surface area (Å²) in [6.07, 6.45) is 2.27. The molecule has 78 valence electrons. The molecule has 0 heterocycles. The van der Waals surface area contributed by atoms with Gasteiger partial charge in [-0.25, -0.2) is 0 Å². The zero-order valence-electron chi connectivity index (χ0n) is 8.76. The fraction of sp³-hybridized carbons (Fsp3) is 0.500. The molecular weight excluding hydrogens is 196 g/mol. The van der Waals surface area contributed by atoms with E-state index in [1.54, 1.807) is 0 Å². The van der Waals surface area contributed by atoms with Crippen molar-refractivity contribution in [1.82, 2.24) is 0 Å². The number of hydrogen-bond donors (Lipinski definition) is 1. The minimum atomic E-state index is -0.562. The Morgan fingerprint density at radius 2 is 1.64 bits per heavy atom. The first-order valence-corrected chi connectivity index (χ1v) is 5.44. The van der Waals surface area contributed by atoms with E-state index in [4.69, 9.17) is 11.6 Å². The molecule has 0 aliphatic rings. The van der Waals surface area contributed by atoms with Crippen molar-refractivity contribution in [3.63, 3.8) is 0 Å². The van der Waals surface area contributed by atoms with Crippen molar-refractivity contribution in [2.45, 2.75) is 38.7 Å². The molecule has 2 heteroatoms. The van der Waals surface area contributed by atoms with Gasteiger partial charge in [-0.05, 0) is 30.5 Å². The van der Waals surface area contributed by atoms with Crippen LogP contribution in [0.4, 0.5) is 0 Å². The third kappa shape index (κ3) is 3.00. The van der Waals surface area contributed by atoms with Crippen molar-refractivity contribution < 1.29 is 5.11 Å². The van der Waals surface area contributed by atoms with Crippen LogP contribution < -0.4 is 0 Å². The molecule has 1 rings (SSSR count). The van der Waals surface area contributed by atoms with E-state index in [1.165, 1.54) is 0 Å². The highest BCUT2D eigenvalue weighted by Crippen LogP contribution is 2.21. The molecule has 1 aromatic rings. The van der Waals surface area contributed by atoms with Crippen LogP contribution in [0.3, 0.4) is 0 Å². The second-order valence-electron chi connectivity index (χ2n) is 3.73. The topological polar surface area (TPSA) is 20.2 Å². The lowest BCUT2D eigenvalue weighted by Crippen LogP contribution is -2.29. The molecular formula is C12H17ClO. The summed E-state index contributed by atoms with van der Waals surface area (Å²) in [5.41, 5.74) is 0.578. The zero-order valence-corrected chi connectivity index (χ0v) is 9.51. The number of halogens is 1. The van der Waals surface area contributed by atoms with Gasteiger partial charge in [0, 0.05) is 11.4 Å². The van der Waals surface area contributed by atoms with Crippen molar-refractivity contribution in [3.8, 4) is 0 Å². The Labute approximate surface area is 90.7 Å². The maximum absolute atomic E-state index is 10.1. The summed E-state index contributed by atoms with van der Waals surface area (Å²) in [6.45, 7) is 4.03. The monoisotopic (exact) mass is 212 g/mol. The highest BCUT2D eigenvalue weighted by molar-refractivity contribution is 6.30. The van der Waals surface area contributed by atoms with Crippen molar-refractivity contribution in [2.75, 3.05) is 0 Å². The standard InChI is InChI=1S/C12H17ClO/c1-3-12(14,4-2)9-10-5-7-11(13)8-6-10/h5-8,14H,3-4,9H2,1-2H3. The predicted octanol–water partition coefficient (Wildman–Crippen LogP) is 3.43. The molecule has 1 aromatic carbocycles. The zero-order chi connectivity index (χ0) is 10.6. The Kier molecular flexibility index (Phi) is 3.97. The van der Waals surface area contributed by atoms with Crippen molar-refractivity contribution in [2.24, 2.45) is 0 Å². The molecule has 0 radical (unpaired) electrons. The first-order valence-electron chi connectivity index (χ1n) is 5.06. The maximum atomic E-state index is 10.1. The third-order valence-electron chi connectivity index (χ3n) is 2.76. The van der Waals surface area contributed by atoms with Crippen LogP contribution >= 0.6 is 11.6 Å². The van der Waals surface area contributed by atoms with Crippen LogP contribution in [-0.4, -0.2) is 10.7 Å². The van der Waals surface area contributed by atoms with E-state index in [0.717, 1.165) is 23.4 Å². The van der Waals surface area contributed by atoms with Gasteiger partial charge in [-0.15, -0.1) is 0 Å². The van der Waals surface area contributed by atoms with Gasteiger partial charge in [0.15, 0.2) is 0 Å². The van der Waals surface area contributed by atoms with Gasteiger partial charge in [0.2, 0.25) is 0 Å². The highest BCUT2D eigenvalue weighted by Gasteiger charge is 2.22. The van der Waals surface area contributed by atoms with Gasteiger partial charge in [-0.2, -0.15) is 0 Å². The smallest absolute Gasteiger partial charge is 0.0682 e. The maximum Gasteiger partial charge on any atom is 0.0682 e. The fourth-order valence-electron chi connectivity index (χ4n) is 1.48. The molecule has 0 saturated heterocycles. The Morgan fingerprint density at radius 1 is 1.14 bits per heavy atom. The summed E-state index contributed by atoms with van der Waals surface area (Å²) < 4.78 is 0. The molecule has 0 aliphatic carbocycles. The normalized spacial score (nSPS) is 11.7. The summed E-state index contributed by atoms with van der Waals surface area (Å²) in [5.74, 6) is 0. The first kappa shape index (κ1) is 11.5. The van der Waals surface area contributed by atoms with E-state index in [-0.39, 0.29) is 0 Å². The Hall–Kier alpha value is -0.530. The number of benzene rings is 1. The van der Waals surface area contributed by atoms with Gasteiger partial charge in [-0.3, -0.25) is 0 Å². The van der Waals surface area contributed by atoms with Crippen LogP contribution in [0.25, 0.3) is 0 Å². The molecule has 0 amide bonds. The average Bonchev–Trinajstić information content (AvgIpc) is 2.21. The van der Waals surface area contributed by atoms with Gasteiger partial charge in [0.05, 0.1) is 5.60 Å². The average molecular weight is 213 g/mol. The van der Waals surface area contributed by atoms with Gasteiger partial charge in [-0.1, -0.05) is 37.6 Å². The molecule has 0 aliphatic heterocycles. The predicted molar refractivity (Wildman–Crippen MR) is 60.7 cm³/mol. The summed E-state index contributed by atoms with van der Waals surface area (Å²) in [6, 6.07) is 7.67. The Morgan fingerprint density at radius 3 is 2.07 bits per heavy atom. The summed E-state index contributed by atoms with van der Waals surface area (Å²) >= 11 is 5.79. The van der Waals surface area contributed by atoms with Crippen LogP contribution in [0, 0.1) is 0 Å². The lowest BCUT2D eigenvalue weighted by atomic mass is 9.90. The van der Waals surface area contributed by atoms with E-state index in [1.807, 2.05) is 38.1 Å². The van der Waals surface area contributed by atoms with E-state index in [0.29, 0.717) is 6.42 Å². The molecule has 0 fully saturated rings. The molecule has 0 unspecified atom stereocenters. The van der Waals surface area contributed by atoms with Gasteiger partial charge >= 0.3 is 0 Å². The van der Waals surface area contributed by atoms with E-state index in [9.17, 15) is 5.11 Å². The number of hydrogen-bond acceptors (Lipinski definition) is 1. The van der Waals surface area contributed by atoms with E-state index in [2.05, 4.69) is 0 Å². The quantitative estimate of drug-likeness (QED) is 0.811. The van der Waals surface area contributed by atoms with Gasteiger partial charge in [0.25, 0.3) is 0 Å². The minimum absolute atomic E-state index is 0.562. The van der Waals surface area contributed by atoms with Crippen LogP contribution in [-0.2, 0) is 6.42 Å². The molecule has 14 heavy (non-hydrogen) atoms. The Balaban J connectivity index is 2.72. The molecule has 1 nitrogen and oxygen atoms in total. The fourth-order valence-corrected chi connectivity index (χ4v) is 1.61. The molecule has 0 bridgehead atoms. The van der Waals surface area contributed by atoms with Crippen LogP contribution in [0.2, 0.25) is 5.02 Å². The molecule has 0 spiro atoms. The first-order chi connectivity index (χ1) is 6.59. The third-order valence-corrected chi connectivity index (χ3v) is 3.01. The van der Waals surface area contributed by atoms with Crippen molar-refractivity contribution in [3.05, 3.63) is 34.9 Å². The van der Waals surface area contributed by atoms with Crippen LogP contribution in [0.1, 0.15) is 32.3 Å². The lowest BCUT2D eigenvalue weighted by molar-refractivity contribution is 0.0326.